The van der Waals surface area contributed by atoms with Crippen LogP contribution in [0.4, 0.5) is 0 Å². The highest BCUT2D eigenvalue weighted by Gasteiger charge is 2.25. The first kappa shape index (κ1) is 16.2. The quantitative estimate of drug-likeness (QED) is 0.838. The van der Waals surface area contributed by atoms with Crippen molar-refractivity contribution in [3.8, 4) is 17.9 Å². The van der Waals surface area contributed by atoms with Crippen molar-refractivity contribution in [1.29, 1.82) is 5.26 Å². The van der Waals surface area contributed by atoms with Crippen LogP contribution in [0.1, 0.15) is 18.9 Å². The van der Waals surface area contributed by atoms with Gasteiger partial charge in [-0.3, -0.25) is 0 Å². The van der Waals surface area contributed by atoms with E-state index in [0.717, 1.165) is 0 Å². The minimum absolute atomic E-state index is 0.120. The second-order valence-corrected chi connectivity index (χ2v) is 6.22. The third-order valence-electron chi connectivity index (χ3n) is 2.83. The van der Waals surface area contributed by atoms with Gasteiger partial charge < -0.3 is 5.11 Å². The van der Waals surface area contributed by atoms with E-state index in [4.69, 9.17) is 10.4 Å². The van der Waals surface area contributed by atoms with E-state index in [2.05, 4.69) is 11.8 Å². The van der Waals surface area contributed by atoms with Crippen LogP contribution in [0.2, 0.25) is 0 Å². The predicted octanol–water partition coefficient (Wildman–Crippen LogP) is 0.953. The van der Waals surface area contributed by atoms with Crippen molar-refractivity contribution in [2.75, 3.05) is 13.7 Å². The Hall–Kier alpha value is -1.86. The molecule has 0 amide bonds. The minimum Gasteiger partial charge on any atom is -0.384 e. The number of aliphatic hydroxyl groups is 1. The Balaban J connectivity index is 3.13. The van der Waals surface area contributed by atoms with E-state index in [0.29, 0.717) is 5.56 Å². The molecule has 106 valence electrons. The topological polar surface area (TPSA) is 81.4 Å². The molecule has 1 unspecified atom stereocenters. The lowest BCUT2D eigenvalue weighted by atomic mass is 10.2. The zero-order valence-corrected chi connectivity index (χ0v) is 12.2. The van der Waals surface area contributed by atoms with Gasteiger partial charge in [-0.05, 0) is 25.1 Å². The number of nitrogens with zero attached hydrogens (tertiary/aromatic N) is 2. The van der Waals surface area contributed by atoms with Gasteiger partial charge in [-0.1, -0.05) is 17.9 Å². The van der Waals surface area contributed by atoms with Crippen LogP contribution < -0.4 is 0 Å². The second kappa shape index (κ2) is 7.06. The normalized spacial score (nSPS) is 12.3. The van der Waals surface area contributed by atoms with Crippen molar-refractivity contribution in [2.45, 2.75) is 24.3 Å². The highest BCUT2D eigenvalue weighted by molar-refractivity contribution is 7.89. The molecular formula is C14H16N2O3S. The molecule has 0 fully saturated rings. The highest BCUT2D eigenvalue weighted by atomic mass is 32.2. The van der Waals surface area contributed by atoms with Crippen LogP contribution >= 0.6 is 0 Å². The SMILES string of the molecule is CC(CC#N)N(C)S(=O)(=O)c1cccc(C#CCO)c1. The molecule has 20 heavy (non-hydrogen) atoms. The maximum atomic E-state index is 12.4. The molecule has 1 N–H and O–H groups in total. The molecule has 5 nitrogen and oxygen atoms in total. The van der Waals surface area contributed by atoms with Crippen LogP contribution in [0, 0.1) is 23.2 Å². The average Bonchev–Trinajstić information content (AvgIpc) is 2.44. The van der Waals surface area contributed by atoms with Crippen molar-refractivity contribution >= 4 is 10.0 Å². The summed E-state index contributed by atoms with van der Waals surface area (Å²) in [4.78, 5) is 0.120. The van der Waals surface area contributed by atoms with Gasteiger partial charge in [0.05, 0.1) is 17.4 Å². The summed E-state index contributed by atoms with van der Waals surface area (Å²) in [6.45, 7) is 1.40. The molecule has 1 aromatic rings. The molecule has 1 atom stereocenters. The molecule has 1 rings (SSSR count). The fourth-order valence-corrected chi connectivity index (χ4v) is 2.95. The van der Waals surface area contributed by atoms with Crippen LogP contribution in [0.15, 0.2) is 29.2 Å². The van der Waals surface area contributed by atoms with Crippen molar-refractivity contribution in [1.82, 2.24) is 4.31 Å². The number of rotatable bonds is 4. The zero-order chi connectivity index (χ0) is 15.2. The maximum absolute atomic E-state index is 12.4. The van der Waals surface area contributed by atoms with Gasteiger partial charge in [0.25, 0.3) is 0 Å². The Bertz CT molecular complexity index is 666. The molecule has 0 saturated carbocycles. The third kappa shape index (κ3) is 3.82. The number of benzene rings is 1. The van der Waals surface area contributed by atoms with E-state index in [1.807, 2.05) is 6.07 Å². The van der Waals surface area contributed by atoms with Crippen LogP contribution in [-0.2, 0) is 10.0 Å². The number of nitriles is 1. The number of sulfonamides is 1. The molecule has 0 bridgehead atoms. The molecule has 0 aliphatic carbocycles. The summed E-state index contributed by atoms with van der Waals surface area (Å²) >= 11 is 0. The molecule has 0 aromatic heterocycles. The smallest absolute Gasteiger partial charge is 0.243 e. The molecule has 0 saturated heterocycles. The van der Waals surface area contributed by atoms with E-state index >= 15 is 0 Å². The molecule has 6 heteroatoms. The second-order valence-electron chi connectivity index (χ2n) is 4.22. The molecule has 0 spiro atoms. The lowest BCUT2D eigenvalue weighted by Gasteiger charge is -2.22. The Morgan fingerprint density at radius 1 is 1.45 bits per heavy atom. The fraction of sp³-hybridized carbons (Fsp3) is 0.357. The van der Waals surface area contributed by atoms with Crippen molar-refractivity contribution in [2.24, 2.45) is 0 Å². The molecule has 0 aliphatic heterocycles. The summed E-state index contributed by atoms with van der Waals surface area (Å²) in [5, 5.41) is 17.3. The van der Waals surface area contributed by atoms with Crippen LogP contribution in [0.3, 0.4) is 0 Å². The Kier molecular flexibility index (Phi) is 5.72. The van der Waals surface area contributed by atoms with E-state index in [1.54, 1.807) is 19.1 Å². The van der Waals surface area contributed by atoms with Gasteiger partial charge in [0.1, 0.15) is 6.61 Å². The lowest BCUT2D eigenvalue weighted by molar-refractivity contribution is 0.350. The van der Waals surface area contributed by atoms with E-state index in [1.165, 1.54) is 23.5 Å². The molecule has 0 heterocycles. The number of hydrogen-bond acceptors (Lipinski definition) is 4. The zero-order valence-electron chi connectivity index (χ0n) is 11.4. The first-order valence-electron chi connectivity index (χ1n) is 5.98. The Morgan fingerprint density at radius 2 is 2.15 bits per heavy atom. The number of hydrogen-bond donors (Lipinski definition) is 1. The molecule has 0 aliphatic rings. The highest BCUT2D eigenvalue weighted by Crippen LogP contribution is 2.18. The molecule has 0 radical (unpaired) electrons. The van der Waals surface area contributed by atoms with Gasteiger partial charge in [-0.25, -0.2) is 8.42 Å². The van der Waals surface area contributed by atoms with Gasteiger partial charge in [0, 0.05) is 18.7 Å². The van der Waals surface area contributed by atoms with Crippen LogP contribution in [-0.4, -0.2) is 37.5 Å². The van der Waals surface area contributed by atoms with E-state index < -0.39 is 16.1 Å². The maximum Gasteiger partial charge on any atom is 0.243 e. The summed E-state index contributed by atoms with van der Waals surface area (Å²) in [6.07, 6.45) is 0.125. The predicted molar refractivity (Wildman–Crippen MR) is 75.0 cm³/mol. The number of aliphatic hydroxyl groups excluding tert-OH is 1. The largest absolute Gasteiger partial charge is 0.384 e. The van der Waals surface area contributed by atoms with Gasteiger partial charge >= 0.3 is 0 Å². The first-order chi connectivity index (χ1) is 9.43. The molecule has 1 aromatic carbocycles. The van der Waals surface area contributed by atoms with Crippen molar-refractivity contribution in [3.05, 3.63) is 29.8 Å². The lowest BCUT2D eigenvalue weighted by Crippen LogP contribution is -2.34. The van der Waals surface area contributed by atoms with Crippen LogP contribution in [0.5, 0.6) is 0 Å². The van der Waals surface area contributed by atoms with Gasteiger partial charge in [0.2, 0.25) is 10.0 Å². The van der Waals surface area contributed by atoms with E-state index in [-0.39, 0.29) is 17.9 Å². The first-order valence-corrected chi connectivity index (χ1v) is 7.42. The van der Waals surface area contributed by atoms with Crippen LogP contribution in [0.25, 0.3) is 0 Å². The summed E-state index contributed by atoms with van der Waals surface area (Å²) in [5.41, 5.74) is 0.515. The average molecular weight is 292 g/mol. The molecular weight excluding hydrogens is 276 g/mol. The minimum atomic E-state index is -3.66. The standard InChI is InChI=1S/C14H16N2O3S/c1-12(8-9-15)16(2)20(18,19)14-7-3-5-13(11-14)6-4-10-17/h3,5,7,11-12,17H,8,10H2,1-2H3. The monoisotopic (exact) mass is 292 g/mol. The van der Waals surface area contributed by atoms with E-state index in [9.17, 15) is 8.42 Å². The van der Waals surface area contributed by atoms with Gasteiger partial charge in [-0.2, -0.15) is 9.57 Å². The summed E-state index contributed by atoms with van der Waals surface area (Å²) in [5.74, 6) is 5.13. The van der Waals surface area contributed by atoms with Gasteiger partial charge in [0.15, 0.2) is 0 Å². The Morgan fingerprint density at radius 3 is 2.75 bits per heavy atom. The summed E-state index contributed by atoms with van der Waals surface area (Å²) < 4.78 is 26.0. The van der Waals surface area contributed by atoms with Crippen molar-refractivity contribution in [3.63, 3.8) is 0 Å². The van der Waals surface area contributed by atoms with Gasteiger partial charge in [-0.15, -0.1) is 0 Å². The summed E-state index contributed by atoms with van der Waals surface area (Å²) in [7, 11) is -2.21. The Labute approximate surface area is 119 Å². The summed E-state index contributed by atoms with van der Waals surface area (Å²) in [6, 6.07) is 7.74. The third-order valence-corrected chi connectivity index (χ3v) is 4.80. The van der Waals surface area contributed by atoms with Crippen molar-refractivity contribution < 1.29 is 13.5 Å². The fourth-order valence-electron chi connectivity index (χ4n) is 1.54.